The fourth-order valence-corrected chi connectivity index (χ4v) is 1.64. The Morgan fingerprint density at radius 3 is 2.50 bits per heavy atom. The van der Waals surface area contributed by atoms with Gasteiger partial charge >= 0.3 is 0 Å². The molecule has 4 heteroatoms. The molecule has 0 aromatic heterocycles. The summed E-state index contributed by atoms with van der Waals surface area (Å²) in [5, 5.41) is 0. The molecule has 1 aromatic rings. The molecule has 0 bridgehead atoms. The van der Waals surface area contributed by atoms with Crippen LogP contribution in [0.3, 0.4) is 0 Å². The molecule has 0 radical (unpaired) electrons. The zero-order chi connectivity index (χ0) is 13.5. The first kappa shape index (κ1) is 14.5. The number of hydrogen-bond donors (Lipinski definition) is 1. The lowest BCUT2D eigenvalue weighted by molar-refractivity contribution is -0.130. The second-order valence-corrected chi connectivity index (χ2v) is 4.59. The number of amides is 1. The van der Waals surface area contributed by atoms with Gasteiger partial charge in [0.2, 0.25) is 5.91 Å². The van der Waals surface area contributed by atoms with Crippen LogP contribution in [0.5, 0.6) is 5.75 Å². The molecular formula is C14H22N2O2. The molecule has 1 amide bonds. The third kappa shape index (κ3) is 4.75. The van der Waals surface area contributed by atoms with E-state index in [1.54, 1.807) is 12.0 Å². The molecule has 0 spiro atoms. The number of nitrogens with zero attached hydrogens (tertiary/aromatic N) is 1. The van der Waals surface area contributed by atoms with E-state index in [-0.39, 0.29) is 11.9 Å². The molecule has 18 heavy (non-hydrogen) atoms. The average molecular weight is 250 g/mol. The summed E-state index contributed by atoms with van der Waals surface area (Å²) in [6.45, 7) is 2.55. The maximum atomic E-state index is 11.7. The Balaban J connectivity index is 2.41. The first-order valence-electron chi connectivity index (χ1n) is 6.15. The molecule has 1 aromatic carbocycles. The summed E-state index contributed by atoms with van der Waals surface area (Å²) >= 11 is 0. The van der Waals surface area contributed by atoms with Crippen molar-refractivity contribution in [1.29, 1.82) is 0 Å². The highest BCUT2D eigenvalue weighted by Gasteiger charge is 2.10. The minimum atomic E-state index is -0.0825. The zero-order valence-corrected chi connectivity index (χ0v) is 11.3. The minimum absolute atomic E-state index is 0.0825. The molecule has 0 aliphatic carbocycles. The molecule has 0 saturated carbocycles. The van der Waals surface area contributed by atoms with E-state index < -0.39 is 0 Å². The predicted octanol–water partition coefficient (Wildman–Crippen LogP) is 1.43. The number of hydrogen-bond acceptors (Lipinski definition) is 3. The van der Waals surface area contributed by atoms with Crippen LogP contribution < -0.4 is 10.5 Å². The van der Waals surface area contributed by atoms with Crippen LogP contribution in [-0.4, -0.2) is 37.6 Å². The lowest BCUT2D eigenvalue weighted by Gasteiger charge is -2.18. The van der Waals surface area contributed by atoms with Crippen molar-refractivity contribution in [3.05, 3.63) is 29.8 Å². The van der Waals surface area contributed by atoms with Gasteiger partial charge in [0.25, 0.3) is 0 Å². The van der Waals surface area contributed by atoms with Crippen molar-refractivity contribution in [2.24, 2.45) is 5.73 Å². The van der Waals surface area contributed by atoms with Gasteiger partial charge in [-0.2, -0.15) is 0 Å². The Morgan fingerprint density at radius 2 is 2.00 bits per heavy atom. The van der Waals surface area contributed by atoms with Crippen LogP contribution in [0.25, 0.3) is 0 Å². The smallest absolute Gasteiger partial charge is 0.223 e. The van der Waals surface area contributed by atoms with Gasteiger partial charge in [-0.1, -0.05) is 12.1 Å². The normalized spacial score (nSPS) is 12.0. The molecule has 2 N–H and O–H groups in total. The molecule has 0 saturated heterocycles. The van der Waals surface area contributed by atoms with Crippen LogP contribution in [0.15, 0.2) is 24.3 Å². The van der Waals surface area contributed by atoms with Gasteiger partial charge in [0.1, 0.15) is 5.75 Å². The van der Waals surface area contributed by atoms with Gasteiger partial charge in [0.15, 0.2) is 0 Å². The molecule has 1 atom stereocenters. The summed E-state index contributed by atoms with van der Waals surface area (Å²) in [6, 6.07) is 7.81. The Labute approximate surface area is 109 Å². The van der Waals surface area contributed by atoms with Crippen LogP contribution >= 0.6 is 0 Å². The predicted molar refractivity (Wildman–Crippen MR) is 72.6 cm³/mol. The highest BCUT2D eigenvalue weighted by molar-refractivity contribution is 5.76. The van der Waals surface area contributed by atoms with Crippen LogP contribution in [0.4, 0.5) is 0 Å². The van der Waals surface area contributed by atoms with Crippen LogP contribution in [0.2, 0.25) is 0 Å². The van der Waals surface area contributed by atoms with E-state index in [0.29, 0.717) is 13.0 Å². The van der Waals surface area contributed by atoms with E-state index in [1.165, 1.54) is 5.56 Å². The summed E-state index contributed by atoms with van der Waals surface area (Å²) in [5.41, 5.74) is 6.80. The van der Waals surface area contributed by atoms with Crippen molar-refractivity contribution in [2.45, 2.75) is 25.8 Å². The SMILES string of the molecule is COc1ccc(CCN(C)C(=O)CC(C)N)cc1. The van der Waals surface area contributed by atoms with E-state index in [9.17, 15) is 4.79 Å². The van der Waals surface area contributed by atoms with E-state index >= 15 is 0 Å². The van der Waals surface area contributed by atoms with Crippen molar-refractivity contribution in [2.75, 3.05) is 20.7 Å². The second-order valence-electron chi connectivity index (χ2n) is 4.59. The standard InChI is InChI=1S/C14H22N2O2/c1-11(15)10-14(17)16(2)9-8-12-4-6-13(18-3)7-5-12/h4-7,11H,8-10,15H2,1-3H3. The highest BCUT2D eigenvalue weighted by Crippen LogP contribution is 2.11. The lowest BCUT2D eigenvalue weighted by Crippen LogP contribution is -2.33. The van der Waals surface area contributed by atoms with Crippen molar-refractivity contribution >= 4 is 5.91 Å². The van der Waals surface area contributed by atoms with Crippen LogP contribution in [0, 0.1) is 0 Å². The molecule has 1 unspecified atom stereocenters. The van der Waals surface area contributed by atoms with Crippen molar-refractivity contribution in [3.8, 4) is 5.75 Å². The number of nitrogens with two attached hydrogens (primary N) is 1. The molecule has 0 aliphatic rings. The molecule has 0 fully saturated rings. The minimum Gasteiger partial charge on any atom is -0.497 e. The van der Waals surface area contributed by atoms with Gasteiger partial charge in [0.05, 0.1) is 7.11 Å². The molecule has 0 heterocycles. The first-order valence-corrected chi connectivity index (χ1v) is 6.15. The molecule has 0 aliphatic heterocycles. The average Bonchev–Trinajstić information content (AvgIpc) is 2.35. The summed E-state index contributed by atoms with van der Waals surface area (Å²) in [5.74, 6) is 0.943. The number of rotatable bonds is 6. The van der Waals surface area contributed by atoms with Gasteiger partial charge in [-0.05, 0) is 31.0 Å². The highest BCUT2D eigenvalue weighted by atomic mass is 16.5. The van der Waals surface area contributed by atoms with Crippen LogP contribution in [0.1, 0.15) is 18.9 Å². The summed E-state index contributed by atoms with van der Waals surface area (Å²) in [4.78, 5) is 13.4. The van der Waals surface area contributed by atoms with E-state index in [0.717, 1.165) is 12.2 Å². The third-order valence-corrected chi connectivity index (χ3v) is 2.82. The summed E-state index contributed by atoms with van der Waals surface area (Å²) in [6.07, 6.45) is 1.24. The number of carbonyl (C=O) groups is 1. The summed E-state index contributed by atoms with van der Waals surface area (Å²) in [7, 11) is 3.46. The van der Waals surface area contributed by atoms with Gasteiger partial charge in [-0.25, -0.2) is 0 Å². The summed E-state index contributed by atoms with van der Waals surface area (Å²) < 4.78 is 5.10. The Morgan fingerprint density at radius 1 is 1.39 bits per heavy atom. The first-order chi connectivity index (χ1) is 8.52. The van der Waals surface area contributed by atoms with Gasteiger partial charge < -0.3 is 15.4 Å². The van der Waals surface area contributed by atoms with E-state index in [1.807, 2.05) is 38.2 Å². The monoisotopic (exact) mass is 250 g/mol. The number of ether oxygens (including phenoxy) is 1. The lowest BCUT2D eigenvalue weighted by atomic mass is 10.1. The Kier molecular flexibility index (Phi) is 5.65. The molecule has 1 rings (SSSR count). The third-order valence-electron chi connectivity index (χ3n) is 2.82. The molecule has 4 nitrogen and oxygen atoms in total. The maximum absolute atomic E-state index is 11.7. The van der Waals surface area contributed by atoms with Crippen molar-refractivity contribution in [3.63, 3.8) is 0 Å². The number of likely N-dealkylation sites (N-methyl/N-ethyl adjacent to an activating group) is 1. The topological polar surface area (TPSA) is 55.6 Å². The second kappa shape index (κ2) is 7.01. The zero-order valence-electron chi connectivity index (χ0n) is 11.3. The maximum Gasteiger partial charge on any atom is 0.223 e. The van der Waals surface area contributed by atoms with Gasteiger partial charge in [-0.15, -0.1) is 0 Å². The van der Waals surface area contributed by atoms with E-state index in [4.69, 9.17) is 10.5 Å². The number of benzene rings is 1. The number of methoxy groups -OCH3 is 1. The van der Waals surface area contributed by atoms with Crippen molar-refractivity contribution < 1.29 is 9.53 Å². The largest absolute Gasteiger partial charge is 0.497 e. The fourth-order valence-electron chi connectivity index (χ4n) is 1.64. The van der Waals surface area contributed by atoms with E-state index in [2.05, 4.69) is 0 Å². The number of carbonyl (C=O) groups excluding carboxylic acids is 1. The van der Waals surface area contributed by atoms with Crippen LogP contribution in [-0.2, 0) is 11.2 Å². The quantitative estimate of drug-likeness (QED) is 0.831. The van der Waals surface area contributed by atoms with Gasteiger partial charge in [0, 0.05) is 26.1 Å². The fraction of sp³-hybridized carbons (Fsp3) is 0.500. The Bertz CT molecular complexity index is 374. The Hall–Kier alpha value is -1.55. The van der Waals surface area contributed by atoms with Crippen molar-refractivity contribution in [1.82, 2.24) is 4.90 Å². The molecular weight excluding hydrogens is 228 g/mol. The molecule has 100 valence electrons. The van der Waals surface area contributed by atoms with Gasteiger partial charge in [-0.3, -0.25) is 4.79 Å².